The molecule has 2 aromatic rings. The fraction of sp³-hybridized carbons (Fsp3) is 0.111. The van der Waals surface area contributed by atoms with E-state index in [1.165, 1.54) is 30.1 Å². The van der Waals surface area contributed by atoms with Crippen LogP contribution in [-0.4, -0.2) is 18.4 Å². The lowest BCUT2D eigenvalue weighted by Gasteiger charge is -2.04. The summed E-state index contributed by atoms with van der Waals surface area (Å²) >= 11 is 1.31. The van der Waals surface area contributed by atoms with Gasteiger partial charge in [0.05, 0.1) is 23.0 Å². The fourth-order valence-electron chi connectivity index (χ4n) is 1.17. The first-order chi connectivity index (χ1) is 8.12. The molecule has 6 nitrogen and oxygen atoms in total. The van der Waals surface area contributed by atoms with Gasteiger partial charge in [0.25, 0.3) is 10.0 Å². The molecular weight excluding hydrogens is 260 g/mol. The predicted octanol–water partition coefficient (Wildman–Crippen LogP) is 0.798. The summed E-state index contributed by atoms with van der Waals surface area (Å²) in [6.45, 7) is 0.328. The number of sulfonamides is 1. The van der Waals surface area contributed by atoms with Gasteiger partial charge in [0.1, 0.15) is 6.33 Å². The molecule has 0 spiro atoms. The Balaban J connectivity index is 2.25. The number of thiophene rings is 1. The van der Waals surface area contributed by atoms with Crippen LogP contribution < -0.4 is 10.5 Å². The summed E-state index contributed by atoms with van der Waals surface area (Å²) in [5, 5.41) is 1.55. The van der Waals surface area contributed by atoms with Crippen LogP contribution in [0.1, 0.15) is 4.88 Å². The summed E-state index contributed by atoms with van der Waals surface area (Å²) < 4.78 is 26.2. The molecule has 0 aromatic carbocycles. The summed E-state index contributed by atoms with van der Waals surface area (Å²) in [7, 11) is -3.58. The molecule has 0 aliphatic heterocycles. The Bertz CT molecular complexity index is 594. The number of hydrogen-bond acceptors (Lipinski definition) is 6. The summed E-state index contributed by atoms with van der Waals surface area (Å²) in [5.41, 5.74) is 5.76. The first-order valence-corrected chi connectivity index (χ1v) is 7.03. The minimum absolute atomic E-state index is 0.201. The number of anilines is 1. The molecule has 0 aliphatic rings. The highest BCUT2D eigenvalue weighted by atomic mass is 32.2. The second-order valence-corrected chi connectivity index (χ2v) is 5.86. The van der Waals surface area contributed by atoms with E-state index < -0.39 is 10.0 Å². The fourth-order valence-corrected chi connectivity index (χ4v) is 3.36. The SMILES string of the molecule is NCc1cc(S(=O)(=O)Nc2cncnc2)cs1. The van der Waals surface area contributed by atoms with E-state index in [-0.39, 0.29) is 4.90 Å². The van der Waals surface area contributed by atoms with Crippen LogP contribution in [0.15, 0.2) is 35.1 Å². The van der Waals surface area contributed by atoms with E-state index in [0.29, 0.717) is 12.2 Å². The topological polar surface area (TPSA) is 98.0 Å². The number of hydrogen-bond donors (Lipinski definition) is 2. The Kier molecular flexibility index (Phi) is 3.36. The van der Waals surface area contributed by atoms with Crippen molar-refractivity contribution >= 4 is 27.0 Å². The number of nitrogens with one attached hydrogen (secondary N) is 1. The zero-order valence-electron chi connectivity index (χ0n) is 8.70. The number of rotatable bonds is 4. The number of aromatic nitrogens is 2. The van der Waals surface area contributed by atoms with Crippen LogP contribution in [0.2, 0.25) is 0 Å². The van der Waals surface area contributed by atoms with E-state index in [1.807, 2.05) is 0 Å². The van der Waals surface area contributed by atoms with Crippen molar-refractivity contribution in [3.63, 3.8) is 0 Å². The van der Waals surface area contributed by atoms with Crippen LogP contribution in [0.5, 0.6) is 0 Å². The standard InChI is InChI=1S/C9H10N4O2S2/c10-2-8-1-9(5-16-8)17(14,15)13-7-3-11-6-12-4-7/h1,3-6,13H,2,10H2. The van der Waals surface area contributed by atoms with Crippen molar-refractivity contribution in [2.24, 2.45) is 5.73 Å². The van der Waals surface area contributed by atoms with E-state index in [0.717, 1.165) is 4.88 Å². The van der Waals surface area contributed by atoms with Crippen LogP contribution in [0, 0.1) is 0 Å². The Labute approximate surface area is 103 Å². The van der Waals surface area contributed by atoms with Gasteiger partial charge < -0.3 is 5.73 Å². The molecule has 8 heteroatoms. The van der Waals surface area contributed by atoms with E-state index in [4.69, 9.17) is 5.73 Å². The molecule has 0 saturated heterocycles. The molecule has 0 aliphatic carbocycles. The average Bonchev–Trinajstić information content (AvgIpc) is 2.79. The lowest BCUT2D eigenvalue weighted by Crippen LogP contribution is -2.12. The van der Waals surface area contributed by atoms with Gasteiger partial charge in [0.2, 0.25) is 0 Å². The largest absolute Gasteiger partial charge is 0.326 e. The first kappa shape index (κ1) is 12.0. The summed E-state index contributed by atoms with van der Waals surface area (Å²) in [6, 6.07) is 1.55. The maximum Gasteiger partial charge on any atom is 0.262 e. The highest BCUT2D eigenvalue weighted by Gasteiger charge is 2.16. The maximum atomic E-state index is 11.9. The van der Waals surface area contributed by atoms with Gasteiger partial charge in [-0.3, -0.25) is 4.72 Å². The van der Waals surface area contributed by atoms with Gasteiger partial charge in [-0.05, 0) is 6.07 Å². The van der Waals surface area contributed by atoms with E-state index in [2.05, 4.69) is 14.7 Å². The van der Waals surface area contributed by atoms with Crippen molar-refractivity contribution in [2.75, 3.05) is 4.72 Å². The summed E-state index contributed by atoms with van der Waals surface area (Å²) in [4.78, 5) is 8.47. The molecule has 2 heterocycles. The van der Waals surface area contributed by atoms with Gasteiger partial charge in [-0.25, -0.2) is 18.4 Å². The van der Waals surface area contributed by atoms with Crippen molar-refractivity contribution < 1.29 is 8.42 Å². The van der Waals surface area contributed by atoms with Crippen LogP contribution in [0.25, 0.3) is 0 Å². The third kappa shape index (κ3) is 2.78. The summed E-state index contributed by atoms with van der Waals surface area (Å²) in [5.74, 6) is 0. The minimum Gasteiger partial charge on any atom is -0.326 e. The van der Waals surface area contributed by atoms with E-state index >= 15 is 0 Å². The molecule has 0 atom stereocenters. The molecule has 17 heavy (non-hydrogen) atoms. The molecule has 2 aromatic heterocycles. The molecule has 0 radical (unpaired) electrons. The molecule has 90 valence electrons. The van der Waals surface area contributed by atoms with Gasteiger partial charge >= 0.3 is 0 Å². The zero-order valence-corrected chi connectivity index (χ0v) is 10.3. The lowest BCUT2D eigenvalue weighted by atomic mass is 10.5. The van der Waals surface area contributed by atoms with E-state index in [9.17, 15) is 8.42 Å². The van der Waals surface area contributed by atoms with Gasteiger partial charge in [-0.1, -0.05) is 0 Å². The molecule has 0 amide bonds. The molecule has 0 saturated carbocycles. The molecule has 0 unspecified atom stereocenters. The highest BCUT2D eigenvalue weighted by Crippen LogP contribution is 2.20. The smallest absolute Gasteiger partial charge is 0.262 e. The number of nitrogens with two attached hydrogens (primary N) is 1. The van der Waals surface area contributed by atoms with Crippen molar-refractivity contribution in [3.05, 3.63) is 35.0 Å². The van der Waals surface area contributed by atoms with Gasteiger partial charge in [-0.2, -0.15) is 0 Å². The predicted molar refractivity (Wildman–Crippen MR) is 65.1 cm³/mol. The van der Waals surface area contributed by atoms with Gasteiger partial charge in [0, 0.05) is 16.8 Å². The molecule has 2 rings (SSSR count). The molecular formula is C9H10N4O2S2. The van der Waals surface area contributed by atoms with Crippen LogP contribution in [-0.2, 0) is 16.6 Å². The highest BCUT2D eigenvalue weighted by molar-refractivity contribution is 7.92. The Morgan fingerprint density at radius 1 is 1.35 bits per heavy atom. The van der Waals surface area contributed by atoms with Crippen molar-refractivity contribution in [3.8, 4) is 0 Å². The van der Waals surface area contributed by atoms with Crippen molar-refractivity contribution in [1.29, 1.82) is 0 Å². The second-order valence-electron chi connectivity index (χ2n) is 3.19. The van der Waals surface area contributed by atoms with Crippen LogP contribution in [0.3, 0.4) is 0 Å². The monoisotopic (exact) mass is 270 g/mol. The maximum absolute atomic E-state index is 11.9. The molecule has 3 N–H and O–H groups in total. The normalized spacial score (nSPS) is 11.4. The van der Waals surface area contributed by atoms with Crippen molar-refractivity contribution in [2.45, 2.75) is 11.4 Å². The first-order valence-electron chi connectivity index (χ1n) is 4.67. The third-order valence-corrected chi connectivity index (χ3v) is 4.42. The Hall–Kier alpha value is -1.51. The number of nitrogens with zero attached hydrogens (tertiary/aromatic N) is 2. The quantitative estimate of drug-likeness (QED) is 0.856. The Morgan fingerprint density at radius 2 is 2.06 bits per heavy atom. The Morgan fingerprint density at radius 3 is 2.65 bits per heavy atom. The van der Waals surface area contributed by atoms with Gasteiger partial charge in [0.15, 0.2) is 0 Å². The molecule has 0 fully saturated rings. The zero-order chi connectivity index (χ0) is 12.3. The second kappa shape index (κ2) is 4.78. The van der Waals surface area contributed by atoms with Gasteiger partial charge in [-0.15, -0.1) is 11.3 Å². The minimum atomic E-state index is -3.58. The lowest BCUT2D eigenvalue weighted by molar-refractivity contribution is 0.601. The average molecular weight is 270 g/mol. The van der Waals surface area contributed by atoms with Crippen LogP contribution >= 0.6 is 11.3 Å². The van der Waals surface area contributed by atoms with E-state index in [1.54, 1.807) is 11.4 Å². The van der Waals surface area contributed by atoms with Crippen LogP contribution in [0.4, 0.5) is 5.69 Å². The summed E-state index contributed by atoms with van der Waals surface area (Å²) in [6.07, 6.45) is 4.11. The third-order valence-electron chi connectivity index (χ3n) is 1.95. The molecule has 0 bridgehead atoms. The van der Waals surface area contributed by atoms with Crippen molar-refractivity contribution in [1.82, 2.24) is 9.97 Å².